The number of benzene rings is 6. The van der Waals surface area contributed by atoms with Crippen molar-refractivity contribution in [3.63, 3.8) is 0 Å². The van der Waals surface area contributed by atoms with Crippen molar-refractivity contribution in [1.29, 1.82) is 15.9 Å². The van der Waals surface area contributed by atoms with Gasteiger partial charge in [0.05, 0.1) is 68.8 Å². The van der Waals surface area contributed by atoms with Crippen LogP contribution in [0.5, 0.6) is 23.0 Å². The van der Waals surface area contributed by atoms with Crippen molar-refractivity contribution in [2.24, 2.45) is 5.73 Å². The quantitative estimate of drug-likeness (QED) is 0.00516. The Hall–Kier alpha value is -9.01. The fourth-order valence-electron chi connectivity index (χ4n) is 9.20. The van der Waals surface area contributed by atoms with Crippen LogP contribution in [0.15, 0.2) is 185 Å². The van der Waals surface area contributed by atoms with Crippen LogP contribution in [-0.2, 0) is 44.8 Å². The van der Waals surface area contributed by atoms with Crippen molar-refractivity contribution in [2.75, 3.05) is 109 Å². The number of nitrogens with two attached hydrogens (primary N) is 6. The molecular weight excluding hydrogens is 1690 g/mol. The third kappa shape index (κ3) is 42.3. The molecule has 0 radical (unpaired) electrons. The lowest BCUT2D eigenvalue weighted by Gasteiger charge is -2.33. The summed E-state index contributed by atoms with van der Waals surface area (Å²) >= 11 is 2.25. The highest BCUT2D eigenvalue weighted by Crippen LogP contribution is 2.43. The lowest BCUT2D eigenvalue weighted by atomic mass is 10.0. The third-order valence-corrected chi connectivity index (χ3v) is 22.3. The Labute approximate surface area is 712 Å². The van der Waals surface area contributed by atoms with Crippen LogP contribution in [0.25, 0.3) is 0 Å². The summed E-state index contributed by atoms with van der Waals surface area (Å²) in [4.78, 5) is 26.2. The molecule has 6 aromatic carbocycles. The molecule has 0 bridgehead atoms. The molecule has 8 aromatic rings. The summed E-state index contributed by atoms with van der Waals surface area (Å²) in [5.41, 5.74) is 34.2. The van der Waals surface area contributed by atoms with Gasteiger partial charge in [-0.25, -0.2) is 22.6 Å². The molecule has 2 unspecified atom stereocenters. The van der Waals surface area contributed by atoms with Crippen LogP contribution in [0.3, 0.4) is 0 Å². The number of halogens is 4. The van der Waals surface area contributed by atoms with Gasteiger partial charge in [-0.3, -0.25) is 19.8 Å². The number of rotatable bonds is 24. The van der Waals surface area contributed by atoms with E-state index in [1.165, 1.54) is 72.2 Å². The summed E-state index contributed by atoms with van der Waals surface area (Å²) in [7, 11) is 3.31. The van der Waals surface area contributed by atoms with E-state index >= 15 is 0 Å². The van der Waals surface area contributed by atoms with Crippen molar-refractivity contribution in [3.05, 3.63) is 173 Å². The van der Waals surface area contributed by atoms with Crippen molar-refractivity contribution in [1.82, 2.24) is 29.7 Å². The first-order valence-electron chi connectivity index (χ1n) is 34.3. The summed E-state index contributed by atoms with van der Waals surface area (Å²) in [6.45, 7) is 18.4. The number of anilines is 6. The molecule has 0 spiro atoms. The van der Waals surface area contributed by atoms with E-state index < -0.39 is 46.7 Å². The average molecular weight is 1800 g/mol. The fraction of sp³-hybridized carbons (Fsp3) is 0.355. The number of aromatic nitrogens is 4. The first-order chi connectivity index (χ1) is 53.9. The SMILES string of the molecule is CC(=N)N.COc1cc(C(C)C)c(Sc2cnc(N)nc2N)cc1S(C)(=O)=O.COc1ccc(S/C(C#N)=C/Nc2ccccc2)c(C(C)C)c1.COc1ccc(SC(C#N)C(N(C)C)N(C)C)c(C(C)C)c1.COc1ccc(Sc2cnc(N)nc2N)c(C(C)C)c1.CS(=O)(=O)OS(C)(=O)=O.Cl.Nc1ccccc1.O=S(O)C(F)(F)F. The van der Waals surface area contributed by atoms with Crippen LogP contribution in [-0.4, -0.2) is 162 Å². The molecule has 0 saturated heterocycles. The number of para-hydroxylation sites is 2. The standard InChI is InChI=1S/C19H20N2OS.C17H27N3OS.C15H20N4O3S2.C14H18N4OS.C6H7N.C2H6N2.C2H6O5S2.CHF3O2S.ClH/c1-14(2)18-11-16(22-3)9-10-19(18)23-17(12-20)13-21-15-7-5-4-6-8-15;1-12(2)14-10-13(21-7)8-9-15(14)22-16(11-18)17(19(3)4)20(5)6;1-8(2)9-5-10(22-3)13(24(4,20)21)6-11(9)23-12-7-18-15(17)19-14(12)16;1-8(2)10-6-9(19-3)4-5-11(10)20-12-7-17-14(16)18-13(12)15;7-6-4-2-1-3-5-6;1-2(3)4;1-8(3,4)7-9(2,5)6;2-1(3,4)7(5)6;/h4-11,13-14,21H,1-3H3;8-10,12,16-17H,1-7H3;5-8H,1-4H3,(H4,16,17,18,19);4-8H,1-3H3,(H4,15,16,17,18);1-5H,7H2;1H3,(H3,3,4);1-2H3;(H,5,6);1H/b17-13+;;;;;;;;. The van der Waals surface area contributed by atoms with E-state index in [1.807, 2.05) is 145 Å². The van der Waals surface area contributed by atoms with E-state index in [0.717, 1.165) is 64.9 Å². The first kappa shape index (κ1) is 108. The van der Waals surface area contributed by atoms with Gasteiger partial charge in [-0.15, -0.1) is 27.8 Å². The maximum atomic E-state index is 12.1. The van der Waals surface area contributed by atoms with Gasteiger partial charge in [0.1, 0.15) is 55.8 Å². The van der Waals surface area contributed by atoms with Crippen LogP contribution in [0.1, 0.15) is 108 Å². The number of amidine groups is 1. The molecule has 0 aliphatic heterocycles. The molecule has 2 aromatic heterocycles. The van der Waals surface area contributed by atoms with Gasteiger partial charge in [0.2, 0.25) is 11.9 Å². The second kappa shape index (κ2) is 52.7. The zero-order chi connectivity index (χ0) is 88.8. The van der Waals surface area contributed by atoms with E-state index in [-0.39, 0.29) is 58.2 Å². The Morgan fingerprint density at radius 2 is 0.957 bits per heavy atom. The number of methoxy groups -OCH3 is 4. The lowest BCUT2D eigenvalue weighted by molar-refractivity contribution is -0.0446. The second-order valence-corrected chi connectivity index (χ2v) is 36.5. The van der Waals surface area contributed by atoms with Crippen LogP contribution in [0.4, 0.5) is 48.1 Å². The highest BCUT2D eigenvalue weighted by atomic mass is 35.5. The lowest BCUT2D eigenvalue weighted by Crippen LogP contribution is -2.47. The van der Waals surface area contributed by atoms with E-state index in [1.54, 1.807) is 57.6 Å². The summed E-state index contributed by atoms with van der Waals surface area (Å²) in [6.07, 6.45) is 7.44. The van der Waals surface area contributed by atoms with Crippen LogP contribution >= 0.6 is 59.5 Å². The summed E-state index contributed by atoms with van der Waals surface area (Å²) in [6, 6.07) is 45.4. The molecule has 0 aliphatic carbocycles. The van der Waals surface area contributed by atoms with Gasteiger partial charge in [-0.1, -0.05) is 127 Å². The number of sulfone groups is 1. The third-order valence-electron chi connectivity index (χ3n) is 14.3. The Morgan fingerprint density at radius 1 is 0.590 bits per heavy atom. The molecule has 0 aliphatic rings. The van der Waals surface area contributed by atoms with Crippen molar-refractivity contribution in [2.45, 2.75) is 137 Å². The fourth-order valence-corrected chi connectivity index (χ4v) is 16.5. The molecular formula is C76H106ClF3N16O13S8. The number of nitriles is 2. The first-order valence-corrected chi connectivity index (χ1v) is 44.3. The number of alkyl halides is 3. The number of nitrogens with one attached hydrogen (secondary N) is 2. The Morgan fingerprint density at radius 3 is 1.27 bits per heavy atom. The average Bonchev–Trinajstić information content (AvgIpc) is 0.788. The molecule has 644 valence electrons. The van der Waals surface area contributed by atoms with E-state index in [4.69, 9.17) is 67.5 Å². The molecule has 117 heavy (non-hydrogen) atoms. The smallest absolute Gasteiger partial charge is 0.496 e. The van der Waals surface area contributed by atoms with Crippen LogP contribution in [0, 0.1) is 28.1 Å². The number of nitrogens with zero attached hydrogens (tertiary/aromatic N) is 8. The minimum atomic E-state index is -4.97. The Bertz CT molecular complexity index is 4900. The number of thioether (sulfide) groups is 2. The second-order valence-electron chi connectivity index (χ2n) is 25.8. The van der Waals surface area contributed by atoms with E-state index in [9.17, 15) is 48.9 Å². The molecule has 0 amide bonds. The van der Waals surface area contributed by atoms with Gasteiger partial charge in [0.15, 0.2) is 9.84 Å². The number of ether oxygens (including phenoxy) is 4. The van der Waals surface area contributed by atoms with Gasteiger partial charge in [-0.2, -0.15) is 50.5 Å². The van der Waals surface area contributed by atoms with Gasteiger partial charge >= 0.3 is 5.51 Å². The molecule has 41 heteroatoms. The summed E-state index contributed by atoms with van der Waals surface area (Å²) < 4.78 is 137. The summed E-state index contributed by atoms with van der Waals surface area (Å²) in [5.74, 6) is 5.23. The molecule has 2 heterocycles. The highest BCUT2D eigenvalue weighted by molar-refractivity contribution is 8.03. The highest BCUT2D eigenvalue weighted by Gasteiger charge is 2.36. The van der Waals surface area contributed by atoms with Gasteiger partial charge in [-0.05, 0) is 172 Å². The van der Waals surface area contributed by atoms with Crippen LogP contribution < -0.4 is 58.7 Å². The molecule has 8 rings (SSSR count). The normalized spacial score (nSPS) is 11.6. The van der Waals surface area contributed by atoms with Crippen molar-refractivity contribution < 1.29 is 69.8 Å². The minimum absolute atomic E-state index is 0. The molecule has 15 N–H and O–H groups in total. The zero-order valence-electron chi connectivity index (χ0n) is 68.5. The summed E-state index contributed by atoms with van der Waals surface area (Å²) in [5, 5.41) is 28.3. The molecule has 0 fully saturated rings. The predicted molar refractivity (Wildman–Crippen MR) is 471 cm³/mol. The topological polar surface area (TPSA) is 483 Å². The van der Waals surface area contributed by atoms with E-state index in [0.29, 0.717) is 51.6 Å². The predicted octanol–water partition coefficient (Wildman–Crippen LogP) is 15.2. The number of nitrogen functional groups attached to an aromatic ring is 5. The van der Waals surface area contributed by atoms with Crippen molar-refractivity contribution in [3.8, 4) is 35.1 Å². The largest absolute Gasteiger partial charge is 0.497 e. The minimum Gasteiger partial charge on any atom is -0.497 e. The maximum Gasteiger partial charge on any atom is 0.496 e. The molecule has 29 nitrogen and oxygen atoms in total. The number of hydrogen-bond donors (Lipinski definition) is 9. The monoisotopic (exact) mass is 1800 g/mol. The van der Waals surface area contributed by atoms with Crippen molar-refractivity contribution >= 4 is 141 Å². The van der Waals surface area contributed by atoms with Gasteiger partial charge < -0.3 is 58.7 Å². The number of hydrogen-bond acceptors (Lipinski definition) is 31. The molecule has 2 atom stereocenters. The number of allylic oxidation sites excluding steroid dienone is 1. The Balaban J connectivity index is 0.00000138. The van der Waals surface area contributed by atoms with Gasteiger partial charge in [0.25, 0.3) is 31.3 Å². The Kier molecular flexibility index (Phi) is 48.7. The molecule has 0 saturated carbocycles. The van der Waals surface area contributed by atoms with Crippen LogP contribution in [0.2, 0.25) is 0 Å². The van der Waals surface area contributed by atoms with E-state index in [2.05, 4.69) is 104 Å². The maximum absolute atomic E-state index is 12.1. The zero-order valence-corrected chi connectivity index (χ0v) is 75.9. The van der Waals surface area contributed by atoms with Gasteiger partial charge in [0, 0.05) is 55.8 Å².